The number of β-amino-alcohol motifs (C(OH)–C–C–N with tert-alkyl or cyclic N) is 1. The third-order valence-corrected chi connectivity index (χ3v) is 8.03. The Kier molecular flexibility index (Phi) is 11.9. The number of ether oxygens (including phenoxy) is 2. The lowest BCUT2D eigenvalue weighted by molar-refractivity contribution is 0.0836. The number of aromatic nitrogens is 2. The fourth-order valence-electron chi connectivity index (χ4n) is 5.19. The van der Waals surface area contributed by atoms with Crippen LogP contribution in [0.1, 0.15) is 65.0 Å². The molecule has 10 nitrogen and oxygen atoms in total. The molecule has 0 saturated heterocycles. The highest BCUT2D eigenvalue weighted by atomic mass is 32.1. The summed E-state index contributed by atoms with van der Waals surface area (Å²) in [4.78, 5) is 26.1. The van der Waals surface area contributed by atoms with Crippen LogP contribution >= 0.6 is 13.5 Å². The summed E-state index contributed by atoms with van der Waals surface area (Å²) in [6.07, 6.45) is 5.83. The molecule has 2 aromatic heterocycles. The lowest BCUT2D eigenvalue weighted by Crippen LogP contribution is -2.36. The zero-order chi connectivity index (χ0) is 29.5. The second-order valence-corrected chi connectivity index (χ2v) is 11.7. The normalized spacial score (nSPS) is 15.7. The number of pyridine rings is 1. The molecule has 0 unspecified atom stereocenters. The number of aryl methyl sites for hydroxylation is 1. The van der Waals surface area contributed by atoms with Crippen LogP contribution in [0.5, 0.6) is 11.6 Å². The van der Waals surface area contributed by atoms with E-state index in [2.05, 4.69) is 32.3 Å². The summed E-state index contributed by atoms with van der Waals surface area (Å²) in [6.45, 7) is 5.64. The van der Waals surface area contributed by atoms with Gasteiger partial charge in [-0.1, -0.05) is 6.07 Å². The van der Waals surface area contributed by atoms with Gasteiger partial charge in [-0.3, -0.25) is 9.69 Å². The van der Waals surface area contributed by atoms with Gasteiger partial charge in [-0.05, 0) is 82.4 Å². The van der Waals surface area contributed by atoms with Crippen LogP contribution in [0.4, 0.5) is 5.82 Å². The van der Waals surface area contributed by atoms with Crippen molar-refractivity contribution in [1.29, 1.82) is 0 Å². The number of nitrogens with one attached hydrogen (secondary N) is 1. The van der Waals surface area contributed by atoms with E-state index in [4.69, 9.17) is 13.9 Å². The molecule has 5 rings (SSSR count). The van der Waals surface area contributed by atoms with E-state index in [-0.39, 0.29) is 25.7 Å². The Morgan fingerprint density at radius 3 is 2.77 bits per heavy atom. The van der Waals surface area contributed by atoms with Crippen LogP contribution in [0.2, 0.25) is 0 Å². The Balaban J connectivity index is 0.00000423. The van der Waals surface area contributed by atoms with Crippen molar-refractivity contribution >= 4 is 25.1 Å². The number of aliphatic hydroxyl groups is 1. The van der Waals surface area contributed by atoms with E-state index >= 15 is 0 Å². The first-order valence-electron chi connectivity index (χ1n) is 15.0. The van der Waals surface area contributed by atoms with Gasteiger partial charge >= 0.3 is 0 Å². The van der Waals surface area contributed by atoms with Gasteiger partial charge in [0.05, 0.1) is 11.8 Å². The van der Waals surface area contributed by atoms with E-state index in [1.807, 2.05) is 38.1 Å². The first-order valence-corrected chi connectivity index (χ1v) is 15.0. The van der Waals surface area contributed by atoms with Crippen LogP contribution in [-0.2, 0) is 19.6 Å². The van der Waals surface area contributed by atoms with Crippen molar-refractivity contribution in [2.45, 2.75) is 70.7 Å². The quantitative estimate of drug-likeness (QED) is 0.241. The van der Waals surface area contributed by atoms with Gasteiger partial charge in [-0.2, -0.15) is 18.5 Å². The van der Waals surface area contributed by atoms with E-state index < -0.39 is 6.10 Å². The number of rotatable bonds is 15. The number of carbonyl (C=O) groups is 1. The molecule has 1 aliphatic carbocycles. The number of oxazole rings is 1. The molecule has 43 heavy (non-hydrogen) atoms. The highest BCUT2D eigenvalue weighted by molar-refractivity contribution is 7.59. The fourth-order valence-corrected chi connectivity index (χ4v) is 5.19. The Morgan fingerprint density at radius 1 is 1.21 bits per heavy atom. The number of benzene rings is 1. The molecule has 0 radical (unpaired) electrons. The Bertz CT molecular complexity index is 1350. The number of fused-ring (bicyclic) bond motifs is 1. The highest BCUT2D eigenvalue weighted by Gasteiger charge is 2.22. The molecule has 3 aromatic rings. The summed E-state index contributed by atoms with van der Waals surface area (Å²) in [5, 5.41) is 14.3. The molecule has 1 saturated carbocycles. The lowest BCUT2D eigenvalue weighted by atomic mass is 9.93. The van der Waals surface area contributed by atoms with Gasteiger partial charge in [0.1, 0.15) is 24.8 Å². The molecule has 0 amide bonds. The second-order valence-electron chi connectivity index (χ2n) is 11.7. The van der Waals surface area contributed by atoms with Crippen molar-refractivity contribution in [2.75, 3.05) is 45.7 Å². The Hall–Kier alpha value is -3.12. The van der Waals surface area contributed by atoms with Crippen LogP contribution < -0.4 is 14.8 Å². The van der Waals surface area contributed by atoms with E-state index in [0.717, 1.165) is 56.1 Å². The van der Waals surface area contributed by atoms with Crippen molar-refractivity contribution in [3.63, 3.8) is 0 Å². The van der Waals surface area contributed by atoms with Crippen molar-refractivity contribution in [1.82, 2.24) is 19.8 Å². The standard InChI is InChI=1S/C32H43N5O5.H2S/c1-22-30(42-21-33-22)20-41-28-9-7-24-18-37(12-11-23(24)15-28)19-27(38)8-10-29(39)25-16-31(34-26-5-4-6-26)35-32(17-25)40-14-13-36(2)3;/h7,9,15-17,21,26-27,38H,4-6,8,10-14,18-20H2,1-3H3,(H,34,35);1H2/t27-;/m0./s1. The summed E-state index contributed by atoms with van der Waals surface area (Å²) in [5.41, 5.74) is 3.90. The van der Waals surface area contributed by atoms with E-state index in [0.29, 0.717) is 49.5 Å². The third kappa shape index (κ3) is 9.43. The molecular weight excluding hydrogens is 566 g/mol. The summed E-state index contributed by atoms with van der Waals surface area (Å²) < 4.78 is 17.1. The molecule has 2 N–H and O–H groups in total. The van der Waals surface area contributed by atoms with Gasteiger partial charge in [-0.25, -0.2) is 4.98 Å². The van der Waals surface area contributed by atoms with Crippen molar-refractivity contribution in [2.24, 2.45) is 0 Å². The number of hydrogen-bond acceptors (Lipinski definition) is 10. The zero-order valence-electron chi connectivity index (χ0n) is 25.5. The van der Waals surface area contributed by atoms with Gasteiger partial charge in [0.2, 0.25) is 5.88 Å². The molecule has 11 heteroatoms. The number of hydrogen-bond donors (Lipinski definition) is 2. The number of anilines is 1. The number of aliphatic hydroxyl groups excluding tert-OH is 1. The molecular formula is C32H45N5O5S. The number of carbonyl (C=O) groups excluding carboxylic acids is 1. The second kappa shape index (κ2) is 15.6. The van der Waals surface area contributed by atoms with Gasteiger partial charge in [-0.15, -0.1) is 0 Å². The predicted molar refractivity (Wildman–Crippen MR) is 170 cm³/mol. The highest BCUT2D eigenvalue weighted by Crippen LogP contribution is 2.27. The molecule has 234 valence electrons. The summed E-state index contributed by atoms with van der Waals surface area (Å²) in [7, 11) is 3.98. The monoisotopic (exact) mass is 611 g/mol. The van der Waals surface area contributed by atoms with Crippen LogP contribution in [0.3, 0.4) is 0 Å². The van der Waals surface area contributed by atoms with Gasteiger partial charge in [0.15, 0.2) is 17.9 Å². The summed E-state index contributed by atoms with van der Waals surface area (Å²) in [5.74, 6) is 2.67. The molecule has 0 spiro atoms. The smallest absolute Gasteiger partial charge is 0.215 e. The molecule has 1 fully saturated rings. The van der Waals surface area contributed by atoms with Gasteiger partial charge in [0, 0.05) is 50.3 Å². The maximum absolute atomic E-state index is 13.2. The molecule has 3 heterocycles. The van der Waals surface area contributed by atoms with Crippen molar-refractivity contribution in [3.05, 3.63) is 64.9 Å². The zero-order valence-corrected chi connectivity index (χ0v) is 26.5. The van der Waals surface area contributed by atoms with Crippen LogP contribution in [0, 0.1) is 6.92 Å². The number of nitrogens with zero attached hydrogens (tertiary/aromatic N) is 4. The van der Waals surface area contributed by atoms with Crippen LogP contribution in [0.15, 0.2) is 41.1 Å². The number of likely N-dealkylation sites (N-methyl/N-ethyl adjacent to an activating group) is 1. The first-order chi connectivity index (χ1) is 20.3. The number of ketones is 1. The maximum atomic E-state index is 13.2. The molecule has 1 atom stereocenters. The lowest BCUT2D eigenvalue weighted by Gasteiger charge is -2.30. The Labute approximate surface area is 261 Å². The van der Waals surface area contributed by atoms with E-state index in [1.54, 1.807) is 6.07 Å². The summed E-state index contributed by atoms with van der Waals surface area (Å²) >= 11 is 0. The third-order valence-electron chi connectivity index (χ3n) is 8.03. The van der Waals surface area contributed by atoms with Crippen molar-refractivity contribution < 1.29 is 23.8 Å². The van der Waals surface area contributed by atoms with E-state index in [9.17, 15) is 9.90 Å². The SMILES string of the molecule is Cc1ncoc1COc1ccc2c(c1)CCN(C[C@@H](O)CCC(=O)c1cc(NC3CCC3)nc(OCCN(C)C)c1)C2.S. The fraction of sp³-hybridized carbons (Fsp3) is 0.531. The van der Waals surface area contributed by atoms with Gasteiger partial charge < -0.3 is 29.2 Å². The number of Topliss-reactive ketones (excluding diaryl/α,β-unsaturated/α-hetero) is 1. The van der Waals surface area contributed by atoms with Crippen LogP contribution in [-0.4, -0.2) is 83.1 Å². The minimum atomic E-state index is -0.589. The maximum Gasteiger partial charge on any atom is 0.215 e. The first kappa shape index (κ1) is 32.8. The average Bonchev–Trinajstić information content (AvgIpc) is 3.36. The average molecular weight is 612 g/mol. The molecule has 1 aromatic carbocycles. The van der Waals surface area contributed by atoms with Crippen LogP contribution in [0.25, 0.3) is 0 Å². The Morgan fingerprint density at radius 2 is 2.05 bits per heavy atom. The predicted octanol–water partition coefficient (Wildman–Crippen LogP) is 4.36. The minimum Gasteiger partial charge on any atom is -0.486 e. The van der Waals surface area contributed by atoms with Crippen molar-refractivity contribution in [3.8, 4) is 11.6 Å². The topological polar surface area (TPSA) is 113 Å². The van der Waals surface area contributed by atoms with E-state index in [1.165, 1.54) is 23.9 Å². The molecule has 2 aliphatic rings. The molecule has 0 bridgehead atoms. The summed E-state index contributed by atoms with van der Waals surface area (Å²) in [6, 6.07) is 10.1. The van der Waals surface area contributed by atoms with Gasteiger partial charge in [0.25, 0.3) is 0 Å². The largest absolute Gasteiger partial charge is 0.486 e. The molecule has 1 aliphatic heterocycles. The minimum absolute atomic E-state index is 0.